The summed E-state index contributed by atoms with van der Waals surface area (Å²) in [5.41, 5.74) is 6.81. The van der Waals surface area contributed by atoms with Gasteiger partial charge in [-0.05, 0) is 0 Å². The van der Waals surface area contributed by atoms with E-state index in [-0.39, 0.29) is 19.0 Å². The van der Waals surface area contributed by atoms with E-state index >= 15 is 0 Å². The highest BCUT2D eigenvalue weighted by Crippen LogP contribution is 2.13. The maximum atomic E-state index is 8.74. The van der Waals surface area contributed by atoms with Crippen molar-refractivity contribution in [2.24, 2.45) is 0 Å². The third-order valence-electron chi connectivity index (χ3n) is 1.77. The SMILES string of the molecule is Cl.Nc1ncnc2c1ncn2CCO. The summed E-state index contributed by atoms with van der Waals surface area (Å²) in [5, 5.41) is 8.74. The maximum Gasteiger partial charge on any atom is 0.165 e. The van der Waals surface area contributed by atoms with Crippen LogP contribution < -0.4 is 5.73 Å². The van der Waals surface area contributed by atoms with Crippen LogP contribution in [0.1, 0.15) is 0 Å². The van der Waals surface area contributed by atoms with Gasteiger partial charge >= 0.3 is 0 Å². The van der Waals surface area contributed by atoms with Gasteiger partial charge in [-0.3, -0.25) is 0 Å². The van der Waals surface area contributed by atoms with Crippen LogP contribution in [0.15, 0.2) is 12.7 Å². The fourth-order valence-electron chi connectivity index (χ4n) is 1.17. The first kappa shape index (κ1) is 10.7. The van der Waals surface area contributed by atoms with Crippen molar-refractivity contribution in [3.8, 4) is 0 Å². The average molecular weight is 216 g/mol. The zero-order chi connectivity index (χ0) is 9.26. The zero-order valence-corrected chi connectivity index (χ0v) is 8.11. The summed E-state index contributed by atoms with van der Waals surface area (Å²) in [6, 6.07) is 0. The topological polar surface area (TPSA) is 89.9 Å². The first-order valence-corrected chi connectivity index (χ1v) is 3.85. The molecule has 14 heavy (non-hydrogen) atoms. The van der Waals surface area contributed by atoms with Crippen LogP contribution in [-0.2, 0) is 6.54 Å². The molecule has 0 bridgehead atoms. The highest BCUT2D eigenvalue weighted by molar-refractivity contribution is 5.85. The second kappa shape index (κ2) is 4.21. The molecule has 2 rings (SSSR count). The second-order valence-corrected chi connectivity index (χ2v) is 2.59. The highest BCUT2D eigenvalue weighted by Gasteiger charge is 2.06. The minimum atomic E-state index is 0. The number of aliphatic hydroxyl groups is 1. The lowest BCUT2D eigenvalue weighted by Crippen LogP contribution is -2.02. The van der Waals surface area contributed by atoms with Crippen LogP contribution in [0.3, 0.4) is 0 Å². The van der Waals surface area contributed by atoms with E-state index in [1.807, 2.05) is 0 Å². The first-order chi connectivity index (χ1) is 6.33. The van der Waals surface area contributed by atoms with Crippen LogP contribution in [0.25, 0.3) is 11.2 Å². The van der Waals surface area contributed by atoms with Gasteiger partial charge in [0.1, 0.15) is 11.8 Å². The van der Waals surface area contributed by atoms with Gasteiger partial charge < -0.3 is 15.4 Å². The van der Waals surface area contributed by atoms with E-state index in [2.05, 4.69) is 15.0 Å². The van der Waals surface area contributed by atoms with E-state index in [0.717, 1.165) is 0 Å². The molecule has 2 aromatic rings. The number of aliphatic hydroxyl groups excluding tert-OH is 1. The molecular weight excluding hydrogens is 206 g/mol. The van der Waals surface area contributed by atoms with Gasteiger partial charge in [-0.2, -0.15) is 0 Å². The monoisotopic (exact) mass is 215 g/mol. The minimum absolute atomic E-state index is 0. The normalized spacial score (nSPS) is 10.1. The molecule has 2 heterocycles. The van der Waals surface area contributed by atoms with Crippen LogP contribution in [0, 0.1) is 0 Å². The van der Waals surface area contributed by atoms with Gasteiger partial charge in [0, 0.05) is 6.54 Å². The van der Waals surface area contributed by atoms with E-state index in [1.165, 1.54) is 6.33 Å². The molecule has 7 heteroatoms. The number of hydrogen-bond donors (Lipinski definition) is 2. The number of hydrogen-bond acceptors (Lipinski definition) is 5. The zero-order valence-electron chi connectivity index (χ0n) is 7.29. The van der Waals surface area contributed by atoms with Gasteiger partial charge in [0.2, 0.25) is 0 Å². The van der Waals surface area contributed by atoms with E-state index in [1.54, 1.807) is 10.9 Å². The Kier molecular flexibility index (Phi) is 3.21. The van der Waals surface area contributed by atoms with Crippen molar-refractivity contribution >= 4 is 29.4 Å². The number of nitrogens with zero attached hydrogens (tertiary/aromatic N) is 4. The molecule has 0 spiro atoms. The molecule has 0 aliphatic carbocycles. The summed E-state index contributed by atoms with van der Waals surface area (Å²) in [6.07, 6.45) is 2.97. The molecule has 0 radical (unpaired) electrons. The molecule has 0 atom stereocenters. The number of imidazole rings is 1. The molecule has 76 valence electrons. The van der Waals surface area contributed by atoms with Gasteiger partial charge in [0.25, 0.3) is 0 Å². The largest absolute Gasteiger partial charge is 0.395 e. The Labute approximate surface area is 86.2 Å². The Morgan fingerprint density at radius 3 is 2.86 bits per heavy atom. The summed E-state index contributed by atoms with van der Waals surface area (Å²) in [6.45, 7) is 0.516. The summed E-state index contributed by atoms with van der Waals surface area (Å²) in [7, 11) is 0. The van der Waals surface area contributed by atoms with Gasteiger partial charge in [-0.15, -0.1) is 12.4 Å². The molecule has 3 N–H and O–H groups in total. The lowest BCUT2D eigenvalue weighted by molar-refractivity contribution is 0.277. The van der Waals surface area contributed by atoms with Gasteiger partial charge in [-0.25, -0.2) is 15.0 Å². The Morgan fingerprint density at radius 2 is 2.14 bits per heavy atom. The average Bonchev–Trinajstić information content (AvgIpc) is 2.51. The van der Waals surface area contributed by atoms with Crippen molar-refractivity contribution in [3.05, 3.63) is 12.7 Å². The van der Waals surface area contributed by atoms with Crippen molar-refractivity contribution in [3.63, 3.8) is 0 Å². The molecule has 0 saturated heterocycles. The lowest BCUT2D eigenvalue weighted by Gasteiger charge is -1.98. The van der Waals surface area contributed by atoms with Crippen LogP contribution in [0.5, 0.6) is 0 Å². The number of fused-ring (bicyclic) bond motifs is 1. The second-order valence-electron chi connectivity index (χ2n) is 2.59. The third-order valence-corrected chi connectivity index (χ3v) is 1.77. The number of halogens is 1. The van der Waals surface area contributed by atoms with Crippen molar-refractivity contribution in [1.29, 1.82) is 0 Å². The standard InChI is InChI=1S/C7H9N5O.ClH/c8-6-5-7(10-3-9-6)12(1-2-13)4-11-5;/h3-4,13H,1-2H2,(H2,8,9,10);1H. The summed E-state index contributed by atoms with van der Waals surface area (Å²) in [5.74, 6) is 0.363. The number of anilines is 1. The van der Waals surface area contributed by atoms with Gasteiger partial charge in [0.15, 0.2) is 11.5 Å². The minimum Gasteiger partial charge on any atom is -0.395 e. The molecule has 0 amide bonds. The van der Waals surface area contributed by atoms with Crippen LogP contribution >= 0.6 is 12.4 Å². The number of rotatable bonds is 2. The van der Waals surface area contributed by atoms with Gasteiger partial charge in [0.05, 0.1) is 12.9 Å². The number of nitrogens with two attached hydrogens (primary N) is 1. The number of aromatic nitrogens is 4. The first-order valence-electron chi connectivity index (χ1n) is 3.85. The van der Waals surface area contributed by atoms with E-state index in [0.29, 0.717) is 23.5 Å². The van der Waals surface area contributed by atoms with E-state index < -0.39 is 0 Å². The number of nitrogen functional groups attached to an aromatic ring is 1. The highest BCUT2D eigenvalue weighted by atomic mass is 35.5. The Morgan fingerprint density at radius 1 is 1.36 bits per heavy atom. The van der Waals surface area contributed by atoms with Crippen molar-refractivity contribution in [2.75, 3.05) is 12.3 Å². The Bertz CT molecular complexity index is 429. The quantitative estimate of drug-likeness (QED) is 0.726. The van der Waals surface area contributed by atoms with Crippen molar-refractivity contribution in [2.45, 2.75) is 6.54 Å². The summed E-state index contributed by atoms with van der Waals surface area (Å²) in [4.78, 5) is 11.9. The smallest absolute Gasteiger partial charge is 0.165 e. The van der Waals surface area contributed by atoms with Crippen molar-refractivity contribution in [1.82, 2.24) is 19.5 Å². The fraction of sp³-hybridized carbons (Fsp3) is 0.286. The molecule has 2 aromatic heterocycles. The molecule has 0 aliphatic rings. The molecule has 0 fully saturated rings. The van der Waals surface area contributed by atoms with Crippen LogP contribution in [-0.4, -0.2) is 31.2 Å². The molecule has 6 nitrogen and oxygen atoms in total. The predicted octanol–water partition coefficient (Wildman–Crippen LogP) is -0.177. The fourth-order valence-corrected chi connectivity index (χ4v) is 1.17. The summed E-state index contributed by atoms with van der Waals surface area (Å²) < 4.78 is 1.73. The molecule has 0 aromatic carbocycles. The molecule has 0 unspecified atom stereocenters. The van der Waals surface area contributed by atoms with Gasteiger partial charge in [-0.1, -0.05) is 0 Å². The van der Waals surface area contributed by atoms with E-state index in [4.69, 9.17) is 10.8 Å². The Balaban J connectivity index is 0.000000980. The molecule has 0 aliphatic heterocycles. The van der Waals surface area contributed by atoms with Crippen molar-refractivity contribution < 1.29 is 5.11 Å². The molecule has 0 saturated carbocycles. The van der Waals surface area contributed by atoms with Crippen LogP contribution in [0.2, 0.25) is 0 Å². The lowest BCUT2D eigenvalue weighted by atomic mass is 10.5. The maximum absolute atomic E-state index is 8.74. The van der Waals surface area contributed by atoms with E-state index in [9.17, 15) is 0 Å². The Hall–Kier alpha value is -1.40. The third kappa shape index (κ3) is 1.61. The predicted molar refractivity (Wildman–Crippen MR) is 54.1 cm³/mol. The molecular formula is C7H10ClN5O. The summed E-state index contributed by atoms with van der Waals surface area (Å²) >= 11 is 0. The van der Waals surface area contributed by atoms with Crippen LogP contribution in [0.4, 0.5) is 5.82 Å².